The third-order valence-electron chi connectivity index (χ3n) is 8.55. The molecule has 4 heterocycles. The summed E-state index contributed by atoms with van der Waals surface area (Å²) in [6.07, 6.45) is 6.96. The third-order valence-corrected chi connectivity index (χ3v) is 8.55. The van der Waals surface area contributed by atoms with E-state index in [0.717, 1.165) is 69.9 Å². The van der Waals surface area contributed by atoms with Gasteiger partial charge in [-0.2, -0.15) is 5.26 Å². The summed E-state index contributed by atoms with van der Waals surface area (Å²) in [5.74, 6) is 1.13. The van der Waals surface area contributed by atoms with Gasteiger partial charge in [0.1, 0.15) is 23.4 Å². The van der Waals surface area contributed by atoms with E-state index >= 15 is 0 Å². The zero-order chi connectivity index (χ0) is 30.2. The molecule has 0 atom stereocenters. The molecule has 0 spiro atoms. The van der Waals surface area contributed by atoms with Gasteiger partial charge in [0.25, 0.3) is 0 Å². The molecule has 8 heteroatoms. The summed E-state index contributed by atoms with van der Waals surface area (Å²) in [4.78, 5) is 27.9. The van der Waals surface area contributed by atoms with Gasteiger partial charge in [0.15, 0.2) is 11.4 Å². The number of anilines is 2. The van der Waals surface area contributed by atoms with Crippen LogP contribution in [0.1, 0.15) is 45.5 Å². The summed E-state index contributed by atoms with van der Waals surface area (Å²) < 4.78 is 6.09. The predicted octanol–water partition coefficient (Wildman–Crippen LogP) is 7.75. The standard InChI is InChI=1S/C36H30N6O2/c1-22-27(7-5-9-29(22)36-41-32-18-24(21-43)17-26(19-37)34(32)44-36)28-8-6-10-31(23(28)2)40-35-33-30(12-14-39-35)25(11-13-38-33)20-42-15-3-4-16-42/h5-14,17-18,21H,3-4,15-16,20H2,1-2H3,(H,39,40). The third kappa shape index (κ3) is 4.87. The van der Waals surface area contributed by atoms with Crippen molar-refractivity contribution >= 4 is 39.8 Å². The normalized spacial score (nSPS) is 13.4. The zero-order valence-electron chi connectivity index (χ0n) is 24.6. The molecule has 0 aliphatic carbocycles. The number of nitrogens with one attached hydrogen (secondary N) is 1. The molecule has 44 heavy (non-hydrogen) atoms. The van der Waals surface area contributed by atoms with Gasteiger partial charge in [-0.1, -0.05) is 24.3 Å². The van der Waals surface area contributed by atoms with E-state index in [4.69, 9.17) is 9.40 Å². The number of fused-ring (bicyclic) bond motifs is 2. The summed E-state index contributed by atoms with van der Waals surface area (Å²) >= 11 is 0. The van der Waals surface area contributed by atoms with Gasteiger partial charge in [0, 0.05) is 41.1 Å². The van der Waals surface area contributed by atoms with Gasteiger partial charge in [-0.05, 0) is 104 Å². The van der Waals surface area contributed by atoms with E-state index in [-0.39, 0.29) is 5.56 Å². The second kappa shape index (κ2) is 11.4. The highest BCUT2D eigenvalue weighted by atomic mass is 16.3. The van der Waals surface area contributed by atoms with Crippen molar-refractivity contribution in [2.75, 3.05) is 18.4 Å². The number of hydrogen-bond acceptors (Lipinski definition) is 8. The minimum atomic E-state index is 0.284. The van der Waals surface area contributed by atoms with Crippen LogP contribution in [0.15, 0.2) is 77.5 Å². The lowest BCUT2D eigenvalue weighted by molar-refractivity contribution is 0.112. The number of oxazole rings is 1. The van der Waals surface area contributed by atoms with Crippen molar-refractivity contribution in [3.05, 3.63) is 101 Å². The van der Waals surface area contributed by atoms with E-state index in [1.54, 1.807) is 6.07 Å². The first-order chi connectivity index (χ1) is 21.5. The van der Waals surface area contributed by atoms with Gasteiger partial charge in [0.2, 0.25) is 5.89 Å². The van der Waals surface area contributed by atoms with Crippen molar-refractivity contribution in [2.45, 2.75) is 33.2 Å². The van der Waals surface area contributed by atoms with Crippen LogP contribution in [0.5, 0.6) is 0 Å². The number of hydrogen-bond donors (Lipinski definition) is 1. The lowest BCUT2D eigenvalue weighted by atomic mass is 9.93. The highest BCUT2D eigenvalue weighted by molar-refractivity contribution is 5.93. The van der Waals surface area contributed by atoms with E-state index in [1.165, 1.54) is 24.5 Å². The van der Waals surface area contributed by atoms with Crippen LogP contribution in [-0.4, -0.2) is 39.2 Å². The van der Waals surface area contributed by atoms with Crippen LogP contribution < -0.4 is 5.32 Å². The van der Waals surface area contributed by atoms with Crippen LogP contribution >= 0.6 is 0 Å². The van der Waals surface area contributed by atoms with Crippen LogP contribution in [0.25, 0.3) is 44.6 Å². The van der Waals surface area contributed by atoms with E-state index < -0.39 is 0 Å². The highest BCUT2D eigenvalue weighted by Gasteiger charge is 2.19. The molecule has 216 valence electrons. The summed E-state index contributed by atoms with van der Waals surface area (Å²) in [6.45, 7) is 7.34. The Kier molecular flexibility index (Phi) is 7.09. The topological polar surface area (TPSA) is 108 Å². The van der Waals surface area contributed by atoms with E-state index in [2.05, 4.69) is 63.5 Å². The zero-order valence-corrected chi connectivity index (χ0v) is 24.6. The molecule has 1 N–H and O–H groups in total. The number of carbonyl (C=O) groups excluding carboxylic acids is 1. The molecular formula is C36H30N6O2. The molecule has 8 nitrogen and oxygen atoms in total. The Hall–Kier alpha value is -5.39. The minimum absolute atomic E-state index is 0.284. The van der Waals surface area contributed by atoms with E-state index in [9.17, 15) is 10.1 Å². The maximum Gasteiger partial charge on any atom is 0.227 e. The Bertz CT molecular complexity index is 2100. The van der Waals surface area contributed by atoms with Crippen molar-refractivity contribution < 1.29 is 9.21 Å². The highest BCUT2D eigenvalue weighted by Crippen LogP contribution is 2.37. The van der Waals surface area contributed by atoms with Crippen LogP contribution in [0.2, 0.25) is 0 Å². The molecule has 1 saturated heterocycles. The second-order valence-corrected chi connectivity index (χ2v) is 11.3. The number of nitrogens with zero attached hydrogens (tertiary/aromatic N) is 5. The average Bonchev–Trinajstić information content (AvgIpc) is 3.72. The maximum absolute atomic E-state index is 11.4. The molecule has 0 amide bonds. The number of benzene rings is 3. The Morgan fingerprint density at radius 1 is 0.955 bits per heavy atom. The van der Waals surface area contributed by atoms with Gasteiger partial charge in [0.05, 0.1) is 5.56 Å². The van der Waals surface area contributed by atoms with E-state index in [1.807, 2.05) is 37.5 Å². The molecule has 1 aliphatic rings. The monoisotopic (exact) mass is 578 g/mol. The first-order valence-corrected chi connectivity index (χ1v) is 14.8. The maximum atomic E-state index is 11.4. The summed E-state index contributed by atoms with van der Waals surface area (Å²) in [7, 11) is 0. The second-order valence-electron chi connectivity index (χ2n) is 11.3. The van der Waals surface area contributed by atoms with Gasteiger partial charge >= 0.3 is 0 Å². The first-order valence-electron chi connectivity index (χ1n) is 14.8. The average molecular weight is 579 g/mol. The van der Waals surface area contributed by atoms with E-state index in [0.29, 0.717) is 28.8 Å². The fraction of sp³-hybridized carbons (Fsp3) is 0.194. The van der Waals surface area contributed by atoms with Crippen molar-refractivity contribution in [3.8, 4) is 28.7 Å². The number of aromatic nitrogens is 3. The van der Waals surface area contributed by atoms with Crippen molar-refractivity contribution in [1.29, 1.82) is 5.26 Å². The molecule has 7 rings (SSSR count). The number of likely N-dealkylation sites (tertiary alicyclic amines) is 1. The first kappa shape index (κ1) is 27.4. The van der Waals surface area contributed by atoms with Gasteiger partial charge in [-0.3, -0.25) is 14.7 Å². The minimum Gasteiger partial charge on any atom is -0.435 e. The van der Waals surface area contributed by atoms with Gasteiger partial charge in [-0.25, -0.2) is 9.97 Å². The Labute approximate surface area is 255 Å². The van der Waals surface area contributed by atoms with Gasteiger partial charge in [-0.15, -0.1) is 0 Å². The Balaban J connectivity index is 1.25. The fourth-order valence-corrected chi connectivity index (χ4v) is 6.22. The largest absolute Gasteiger partial charge is 0.435 e. The van der Waals surface area contributed by atoms with Crippen molar-refractivity contribution in [1.82, 2.24) is 19.9 Å². The Morgan fingerprint density at radius 3 is 2.50 bits per heavy atom. The number of nitriles is 1. The molecule has 3 aromatic carbocycles. The van der Waals surface area contributed by atoms with Crippen molar-refractivity contribution in [3.63, 3.8) is 0 Å². The number of pyridine rings is 2. The lowest BCUT2D eigenvalue weighted by Crippen LogP contribution is -2.18. The smallest absolute Gasteiger partial charge is 0.227 e. The van der Waals surface area contributed by atoms with Crippen LogP contribution in [0, 0.1) is 25.2 Å². The number of carbonyl (C=O) groups is 1. The molecule has 0 saturated carbocycles. The van der Waals surface area contributed by atoms with Crippen LogP contribution in [0.3, 0.4) is 0 Å². The number of aldehydes is 1. The predicted molar refractivity (Wildman–Crippen MR) is 172 cm³/mol. The molecule has 0 radical (unpaired) electrons. The molecular weight excluding hydrogens is 548 g/mol. The Morgan fingerprint density at radius 2 is 1.70 bits per heavy atom. The van der Waals surface area contributed by atoms with Crippen LogP contribution in [0.4, 0.5) is 11.5 Å². The van der Waals surface area contributed by atoms with Crippen LogP contribution in [-0.2, 0) is 6.54 Å². The molecule has 1 aliphatic heterocycles. The summed E-state index contributed by atoms with van der Waals surface area (Å²) in [5.41, 5.74) is 9.58. The lowest BCUT2D eigenvalue weighted by Gasteiger charge is -2.18. The summed E-state index contributed by atoms with van der Waals surface area (Å²) in [6, 6.07) is 21.7. The number of rotatable bonds is 7. The molecule has 1 fully saturated rings. The quantitative estimate of drug-likeness (QED) is 0.192. The molecule has 0 bridgehead atoms. The van der Waals surface area contributed by atoms with Crippen molar-refractivity contribution in [2.24, 2.45) is 0 Å². The molecule has 0 unspecified atom stereocenters. The molecule has 6 aromatic rings. The fourth-order valence-electron chi connectivity index (χ4n) is 6.22. The summed E-state index contributed by atoms with van der Waals surface area (Å²) in [5, 5.41) is 14.3. The van der Waals surface area contributed by atoms with Gasteiger partial charge < -0.3 is 9.73 Å². The SMILES string of the molecule is Cc1c(Nc2nccc3c(CN4CCCC4)ccnc23)cccc1-c1cccc(-c2nc3cc(C=O)cc(C#N)c3o2)c1C. The molecule has 3 aromatic heterocycles.